The molecule has 6 heteroatoms. The Labute approximate surface area is 127 Å². The Morgan fingerprint density at radius 2 is 2.09 bits per heavy atom. The maximum Gasteiger partial charge on any atom is 0.226 e. The molecule has 5 nitrogen and oxygen atoms in total. The average Bonchev–Trinajstić information content (AvgIpc) is 3.14. The van der Waals surface area contributed by atoms with Crippen LogP contribution in [0.3, 0.4) is 0 Å². The van der Waals surface area contributed by atoms with Crippen molar-refractivity contribution >= 4 is 0 Å². The van der Waals surface area contributed by atoms with Crippen LogP contribution < -0.4 is 5.32 Å². The van der Waals surface area contributed by atoms with E-state index in [-0.39, 0.29) is 5.82 Å². The Kier molecular flexibility index (Phi) is 4.29. The van der Waals surface area contributed by atoms with E-state index in [0.717, 1.165) is 29.9 Å². The highest BCUT2D eigenvalue weighted by molar-refractivity contribution is 5.52. The van der Waals surface area contributed by atoms with Gasteiger partial charge in [-0.2, -0.15) is 5.10 Å². The molecule has 22 heavy (non-hydrogen) atoms. The predicted molar refractivity (Wildman–Crippen MR) is 80.6 cm³/mol. The van der Waals surface area contributed by atoms with Crippen LogP contribution in [-0.4, -0.2) is 21.3 Å². The van der Waals surface area contributed by atoms with Crippen LogP contribution in [0.1, 0.15) is 11.3 Å². The van der Waals surface area contributed by atoms with Gasteiger partial charge in [0.15, 0.2) is 0 Å². The van der Waals surface area contributed by atoms with E-state index in [2.05, 4.69) is 15.4 Å². The first-order valence-electron chi connectivity index (χ1n) is 7.11. The summed E-state index contributed by atoms with van der Waals surface area (Å²) in [6.45, 7) is 4.23. The van der Waals surface area contributed by atoms with E-state index >= 15 is 0 Å². The summed E-state index contributed by atoms with van der Waals surface area (Å²) in [5, 5.41) is 7.51. The molecule has 0 aliphatic carbocycles. The molecular weight excluding hydrogens is 283 g/mol. The van der Waals surface area contributed by atoms with Crippen molar-refractivity contribution in [3.8, 4) is 11.5 Å². The fourth-order valence-electron chi connectivity index (χ4n) is 2.11. The van der Waals surface area contributed by atoms with E-state index in [1.807, 2.05) is 24.0 Å². The van der Waals surface area contributed by atoms with E-state index in [9.17, 15) is 4.39 Å². The standard InChI is InChI=1S/C16H17FN4O/c1-12-8-19-21(10-12)7-6-18-9-15-11-22-16(20-15)13-2-4-14(17)5-3-13/h2-5,8,10-11,18H,6-7,9H2,1H3. The van der Waals surface area contributed by atoms with Gasteiger partial charge in [0.05, 0.1) is 18.4 Å². The molecule has 3 aromatic rings. The molecular formula is C16H17FN4O. The average molecular weight is 300 g/mol. The normalized spacial score (nSPS) is 11.0. The third-order valence-electron chi connectivity index (χ3n) is 3.23. The lowest BCUT2D eigenvalue weighted by Gasteiger charge is -2.02. The van der Waals surface area contributed by atoms with Crippen LogP contribution in [0.5, 0.6) is 0 Å². The number of rotatable bonds is 6. The van der Waals surface area contributed by atoms with Crippen molar-refractivity contribution in [3.05, 3.63) is 60.0 Å². The molecule has 0 atom stereocenters. The topological polar surface area (TPSA) is 55.9 Å². The second kappa shape index (κ2) is 6.53. The van der Waals surface area contributed by atoms with Gasteiger partial charge in [-0.3, -0.25) is 4.68 Å². The van der Waals surface area contributed by atoms with Gasteiger partial charge in [-0.05, 0) is 36.8 Å². The minimum absolute atomic E-state index is 0.272. The zero-order chi connectivity index (χ0) is 15.4. The van der Waals surface area contributed by atoms with E-state index < -0.39 is 0 Å². The third kappa shape index (κ3) is 3.59. The third-order valence-corrected chi connectivity index (χ3v) is 3.23. The summed E-state index contributed by atoms with van der Waals surface area (Å²) in [6.07, 6.45) is 5.46. The summed E-state index contributed by atoms with van der Waals surface area (Å²) < 4.78 is 20.2. The highest BCUT2D eigenvalue weighted by Gasteiger charge is 2.06. The summed E-state index contributed by atoms with van der Waals surface area (Å²) in [4.78, 5) is 4.38. The zero-order valence-corrected chi connectivity index (χ0v) is 12.3. The molecule has 1 aromatic carbocycles. The second-order valence-corrected chi connectivity index (χ2v) is 5.11. The molecule has 1 N–H and O–H groups in total. The highest BCUT2D eigenvalue weighted by Crippen LogP contribution is 2.18. The Morgan fingerprint density at radius 1 is 1.27 bits per heavy atom. The van der Waals surface area contributed by atoms with Gasteiger partial charge < -0.3 is 9.73 Å². The molecule has 0 bridgehead atoms. The first kappa shape index (κ1) is 14.5. The largest absolute Gasteiger partial charge is 0.444 e. The minimum Gasteiger partial charge on any atom is -0.444 e. The molecule has 114 valence electrons. The van der Waals surface area contributed by atoms with Crippen LogP contribution in [-0.2, 0) is 13.1 Å². The van der Waals surface area contributed by atoms with Crippen molar-refractivity contribution in [3.63, 3.8) is 0 Å². The maximum atomic E-state index is 12.9. The number of benzene rings is 1. The SMILES string of the molecule is Cc1cnn(CCNCc2coc(-c3ccc(F)cc3)n2)c1. The monoisotopic (exact) mass is 300 g/mol. The lowest BCUT2D eigenvalue weighted by molar-refractivity contribution is 0.546. The van der Waals surface area contributed by atoms with Gasteiger partial charge in [0.2, 0.25) is 5.89 Å². The van der Waals surface area contributed by atoms with Gasteiger partial charge in [-0.1, -0.05) is 0 Å². The van der Waals surface area contributed by atoms with Crippen molar-refractivity contribution in [1.29, 1.82) is 0 Å². The molecule has 0 saturated heterocycles. The van der Waals surface area contributed by atoms with Crippen LogP contribution >= 0.6 is 0 Å². The zero-order valence-electron chi connectivity index (χ0n) is 12.3. The van der Waals surface area contributed by atoms with Gasteiger partial charge in [-0.25, -0.2) is 9.37 Å². The first-order chi connectivity index (χ1) is 10.7. The van der Waals surface area contributed by atoms with Crippen LogP contribution in [0, 0.1) is 12.7 Å². The molecule has 0 aliphatic rings. The summed E-state index contributed by atoms with van der Waals surface area (Å²) >= 11 is 0. The molecule has 0 amide bonds. The van der Waals surface area contributed by atoms with Crippen LogP contribution in [0.4, 0.5) is 4.39 Å². The van der Waals surface area contributed by atoms with Crippen molar-refractivity contribution < 1.29 is 8.81 Å². The number of nitrogens with zero attached hydrogens (tertiary/aromatic N) is 3. The number of hydrogen-bond acceptors (Lipinski definition) is 4. The highest BCUT2D eigenvalue weighted by atomic mass is 19.1. The van der Waals surface area contributed by atoms with E-state index in [0.29, 0.717) is 12.4 Å². The molecule has 0 spiro atoms. The maximum absolute atomic E-state index is 12.9. The number of aromatic nitrogens is 3. The lowest BCUT2D eigenvalue weighted by atomic mass is 10.2. The van der Waals surface area contributed by atoms with Crippen LogP contribution in [0.15, 0.2) is 47.3 Å². The Bertz CT molecular complexity index is 733. The quantitative estimate of drug-likeness (QED) is 0.711. The van der Waals surface area contributed by atoms with Gasteiger partial charge in [0.25, 0.3) is 0 Å². The molecule has 2 heterocycles. The Balaban J connectivity index is 1.50. The fourth-order valence-corrected chi connectivity index (χ4v) is 2.11. The van der Waals surface area contributed by atoms with E-state index in [1.165, 1.54) is 12.1 Å². The predicted octanol–water partition coefficient (Wildman–Crippen LogP) is 2.78. The van der Waals surface area contributed by atoms with E-state index in [1.54, 1.807) is 18.4 Å². The molecule has 0 saturated carbocycles. The van der Waals surface area contributed by atoms with Crippen LogP contribution in [0.2, 0.25) is 0 Å². The van der Waals surface area contributed by atoms with Gasteiger partial charge in [-0.15, -0.1) is 0 Å². The molecule has 0 fully saturated rings. The van der Waals surface area contributed by atoms with Crippen molar-refractivity contribution in [2.45, 2.75) is 20.0 Å². The minimum atomic E-state index is -0.272. The Hall–Kier alpha value is -2.47. The van der Waals surface area contributed by atoms with Gasteiger partial charge in [0, 0.05) is 24.8 Å². The van der Waals surface area contributed by atoms with Crippen molar-refractivity contribution in [1.82, 2.24) is 20.1 Å². The summed E-state index contributed by atoms with van der Waals surface area (Å²) in [7, 11) is 0. The molecule has 0 unspecified atom stereocenters. The fraction of sp³-hybridized carbons (Fsp3) is 0.250. The number of nitrogens with one attached hydrogen (secondary N) is 1. The van der Waals surface area contributed by atoms with E-state index in [4.69, 9.17) is 4.42 Å². The number of hydrogen-bond donors (Lipinski definition) is 1. The molecule has 2 aromatic heterocycles. The Morgan fingerprint density at radius 3 is 2.82 bits per heavy atom. The first-order valence-corrected chi connectivity index (χ1v) is 7.11. The molecule has 0 aliphatic heterocycles. The lowest BCUT2D eigenvalue weighted by Crippen LogP contribution is -2.19. The smallest absolute Gasteiger partial charge is 0.226 e. The van der Waals surface area contributed by atoms with Gasteiger partial charge in [0.1, 0.15) is 12.1 Å². The van der Waals surface area contributed by atoms with Crippen LogP contribution in [0.25, 0.3) is 11.5 Å². The molecule has 3 rings (SSSR count). The number of oxazole rings is 1. The number of aryl methyl sites for hydroxylation is 1. The number of halogens is 1. The van der Waals surface area contributed by atoms with Gasteiger partial charge >= 0.3 is 0 Å². The summed E-state index contributed by atoms with van der Waals surface area (Å²) in [5.41, 5.74) is 2.73. The summed E-state index contributed by atoms with van der Waals surface area (Å²) in [6, 6.07) is 6.09. The van der Waals surface area contributed by atoms with Crippen molar-refractivity contribution in [2.75, 3.05) is 6.54 Å². The molecule has 0 radical (unpaired) electrons. The summed E-state index contributed by atoms with van der Waals surface area (Å²) in [5.74, 6) is 0.227. The second-order valence-electron chi connectivity index (χ2n) is 5.11. The van der Waals surface area contributed by atoms with Crippen molar-refractivity contribution in [2.24, 2.45) is 0 Å².